The second-order valence-electron chi connectivity index (χ2n) is 6.44. The molecular formula is C20H24F3IN4O3. The average molecular weight is 552 g/mol. The van der Waals surface area contributed by atoms with E-state index in [1.54, 1.807) is 6.07 Å². The summed E-state index contributed by atoms with van der Waals surface area (Å²) in [7, 11) is 0. The smallest absolute Gasteiger partial charge is 0.422 e. The summed E-state index contributed by atoms with van der Waals surface area (Å²) in [5, 5.41) is 6.34. The van der Waals surface area contributed by atoms with E-state index in [2.05, 4.69) is 25.3 Å². The van der Waals surface area contributed by atoms with E-state index in [1.807, 2.05) is 25.1 Å². The highest BCUT2D eigenvalue weighted by molar-refractivity contribution is 14.0. The molecular weight excluding hydrogens is 528 g/mol. The van der Waals surface area contributed by atoms with Gasteiger partial charge in [-0.2, -0.15) is 13.2 Å². The zero-order valence-corrected chi connectivity index (χ0v) is 19.2. The van der Waals surface area contributed by atoms with Crippen LogP contribution in [0.15, 0.2) is 41.5 Å². The third-order valence-corrected chi connectivity index (χ3v) is 3.96. The Morgan fingerprint density at radius 3 is 2.61 bits per heavy atom. The first kappa shape index (κ1) is 24.8. The minimum atomic E-state index is -4.40. The van der Waals surface area contributed by atoms with Crippen LogP contribution in [0.5, 0.6) is 17.4 Å². The van der Waals surface area contributed by atoms with Gasteiger partial charge in [0.15, 0.2) is 24.1 Å². The average Bonchev–Trinajstić information content (AvgIpc) is 2.96. The third-order valence-electron chi connectivity index (χ3n) is 3.96. The molecule has 31 heavy (non-hydrogen) atoms. The summed E-state index contributed by atoms with van der Waals surface area (Å²) < 4.78 is 52.5. The van der Waals surface area contributed by atoms with Crippen LogP contribution in [0.25, 0.3) is 0 Å². The van der Waals surface area contributed by atoms with Gasteiger partial charge in [-0.05, 0) is 24.6 Å². The molecule has 0 saturated heterocycles. The molecule has 7 nitrogen and oxygen atoms in total. The number of ether oxygens (including phenoxy) is 3. The largest absolute Gasteiger partial charge is 0.490 e. The van der Waals surface area contributed by atoms with E-state index in [4.69, 9.17) is 9.47 Å². The van der Waals surface area contributed by atoms with Crippen molar-refractivity contribution in [1.82, 2.24) is 10.3 Å². The minimum absolute atomic E-state index is 0. The van der Waals surface area contributed by atoms with Gasteiger partial charge < -0.3 is 24.8 Å². The molecule has 3 rings (SSSR count). The quantitative estimate of drug-likeness (QED) is 0.315. The van der Waals surface area contributed by atoms with Crippen molar-refractivity contribution in [2.45, 2.75) is 26.1 Å². The van der Waals surface area contributed by atoms with Crippen molar-refractivity contribution >= 4 is 35.6 Å². The minimum Gasteiger partial charge on any atom is -0.490 e. The number of pyridine rings is 1. The van der Waals surface area contributed by atoms with Crippen molar-refractivity contribution in [3.05, 3.63) is 42.1 Å². The molecule has 170 valence electrons. The lowest BCUT2D eigenvalue weighted by Gasteiger charge is -2.14. The maximum absolute atomic E-state index is 12.2. The Morgan fingerprint density at radius 1 is 1.16 bits per heavy atom. The van der Waals surface area contributed by atoms with Gasteiger partial charge in [0.1, 0.15) is 0 Å². The normalized spacial score (nSPS) is 13.6. The summed E-state index contributed by atoms with van der Waals surface area (Å²) in [6.07, 6.45) is -2.13. The van der Waals surface area contributed by atoms with Crippen LogP contribution in [0, 0.1) is 0 Å². The molecule has 0 radical (unpaired) electrons. The van der Waals surface area contributed by atoms with Crippen LogP contribution in [0.2, 0.25) is 0 Å². The van der Waals surface area contributed by atoms with Crippen LogP contribution in [-0.4, -0.2) is 43.5 Å². The first-order chi connectivity index (χ1) is 14.4. The van der Waals surface area contributed by atoms with Crippen LogP contribution in [0.3, 0.4) is 0 Å². The molecule has 1 aromatic heterocycles. The molecule has 0 atom stereocenters. The maximum Gasteiger partial charge on any atom is 0.422 e. The molecule has 1 aliphatic rings. The summed E-state index contributed by atoms with van der Waals surface area (Å²) in [6.45, 7) is 2.73. The van der Waals surface area contributed by atoms with Gasteiger partial charge in [-0.1, -0.05) is 6.07 Å². The van der Waals surface area contributed by atoms with Crippen LogP contribution in [0.4, 0.5) is 18.9 Å². The SMILES string of the molecule is CCNC(=NCc1ccc(OCC(F)(F)F)nc1)Nc1ccc2c(c1)OCCCO2.I. The number of hydrogen-bond donors (Lipinski definition) is 2. The number of aliphatic imine (C=N–C) groups is 1. The number of benzene rings is 1. The molecule has 11 heteroatoms. The summed E-state index contributed by atoms with van der Waals surface area (Å²) in [5.74, 6) is 1.84. The maximum atomic E-state index is 12.2. The molecule has 0 fully saturated rings. The number of nitrogens with zero attached hydrogens (tertiary/aromatic N) is 2. The van der Waals surface area contributed by atoms with Crippen molar-refractivity contribution in [2.75, 3.05) is 31.7 Å². The number of guanidine groups is 1. The van der Waals surface area contributed by atoms with Crippen LogP contribution >= 0.6 is 24.0 Å². The second-order valence-corrected chi connectivity index (χ2v) is 6.44. The molecule has 0 bridgehead atoms. The van der Waals surface area contributed by atoms with Gasteiger partial charge in [0, 0.05) is 37.0 Å². The molecule has 1 aromatic carbocycles. The van der Waals surface area contributed by atoms with Crippen LogP contribution in [0.1, 0.15) is 18.9 Å². The number of fused-ring (bicyclic) bond motifs is 1. The molecule has 2 N–H and O–H groups in total. The molecule has 0 unspecified atom stereocenters. The number of rotatable bonds is 6. The van der Waals surface area contributed by atoms with Gasteiger partial charge in [0.2, 0.25) is 5.88 Å². The van der Waals surface area contributed by atoms with E-state index in [9.17, 15) is 13.2 Å². The first-order valence-electron chi connectivity index (χ1n) is 9.52. The Hall–Kier alpha value is -2.44. The number of anilines is 1. The molecule has 1 aliphatic heterocycles. The lowest BCUT2D eigenvalue weighted by molar-refractivity contribution is -0.154. The third kappa shape index (κ3) is 8.31. The summed E-state index contributed by atoms with van der Waals surface area (Å²) >= 11 is 0. The highest BCUT2D eigenvalue weighted by atomic mass is 127. The van der Waals surface area contributed by atoms with Crippen LogP contribution < -0.4 is 24.8 Å². The van der Waals surface area contributed by atoms with Gasteiger partial charge in [-0.3, -0.25) is 0 Å². The van der Waals surface area contributed by atoms with Crippen molar-refractivity contribution in [3.8, 4) is 17.4 Å². The summed E-state index contributed by atoms with van der Waals surface area (Å²) in [6, 6.07) is 8.58. The predicted octanol–water partition coefficient (Wildman–Crippen LogP) is 4.38. The lowest BCUT2D eigenvalue weighted by Crippen LogP contribution is -2.30. The van der Waals surface area contributed by atoms with Crippen molar-refractivity contribution < 1.29 is 27.4 Å². The van der Waals surface area contributed by atoms with Crippen molar-refractivity contribution in [2.24, 2.45) is 4.99 Å². The Morgan fingerprint density at radius 2 is 1.94 bits per heavy atom. The summed E-state index contributed by atoms with van der Waals surface area (Å²) in [5.41, 5.74) is 1.51. The Balaban J connectivity index is 0.00000341. The Bertz CT molecular complexity index is 864. The van der Waals surface area contributed by atoms with Gasteiger partial charge in [-0.15, -0.1) is 24.0 Å². The molecule has 2 aromatic rings. The van der Waals surface area contributed by atoms with Gasteiger partial charge in [0.05, 0.1) is 19.8 Å². The number of halogens is 4. The Labute approximate surface area is 195 Å². The van der Waals surface area contributed by atoms with Gasteiger partial charge in [0.25, 0.3) is 0 Å². The topological polar surface area (TPSA) is 77.0 Å². The highest BCUT2D eigenvalue weighted by Crippen LogP contribution is 2.32. The molecule has 0 saturated carbocycles. The number of aromatic nitrogens is 1. The number of alkyl halides is 3. The van der Waals surface area contributed by atoms with E-state index >= 15 is 0 Å². The fourth-order valence-corrected chi connectivity index (χ4v) is 2.60. The van der Waals surface area contributed by atoms with E-state index in [-0.39, 0.29) is 36.4 Å². The van der Waals surface area contributed by atoms with E-state index in [0.717, 1.165) is 17.7 Å². The fourth-order valence-electron chi connectivity index (χ4n) is 2.60. The van der Waals surface area contributed by atoms with Crippen LogP contribution in [-0.2, 0) is 6.54 Å². The molecule has 0 spiro atoms. The highest BCUT2D eigenvalue weighted by Gasteiger charge is 2.28. The first-order valence-corrected chi connectivity index (χ1v) is 9.52. The fraction of sp³-hybridized carbons (Fsp3) is 0.400. The molecule has 0 aliphatic carbocycles. The Kier molecular flexibility index (Phi) is 9.46. The van der Waals surface area contributed by atoms with E-state index in [1.165, 1.54) is 12.3 Å². The predicted molar refractivity (Wildman–Crippen MR) is 122 cm³/mol. The second kappa shape index (κ2) is 11.8. The van der Waals surface area contributed by atoms with Gasteiger partial charge >= 0.3 is 6.18 Å². The number of nitrogens with one attached hydrogen (secondary N) is 2. The zero-order valence-electron chi connectivity index (χ0n) is 16.9. The van der Waals surface area contributed by atoms with Gasteiger partial charge in [-0.25, -0.2) is 9.98 Å². The molecule has 2 heterocycles. The monoisotopic (exact) mass is 552 g/mol. The van der Waals surface area contributed by atoms with E-state index < -0.39 is 12.8 Å². The van der Waals surface area contributed by atoms with Crippen molar-refractivity contribution in [3.63, 3.8) is 0 Å². The van der Waals surface area contributed by atoms with E-state index in [0.29, 0.717) is 37.2 Å². The zero-order chi connectivity index (χ0) is 21.4. The standard InChI is InChI=1S/C20H23F3N4O3.HI/c1-2-24-19(27-15-5-6-16-17(10-15)29-9-3-8-28-16)26-12-14-4-7-18(25-11-14)30-13-20(21,22)23;/h4-7,10-11H,2-3,8-9,12-13H2,1H3,(H2,24,26,27);1H. The number of hydrogen-bond acceptors (Lipinski definition) is 5. The lowest BCUT2D eigenvalue weighted by atomic mass is 10.2. The molecule has 0 amide bonds. The van der Waals surface area contributed by atoms with Crippen molar-refractivity contribution in [1.29, 1.82) is 0 Å². The summed E-state index contributed by atoms with van der Waals surface area (Å²) in [4.78, 5) is 8.37.